The lowest BCUT2D eigenvalue weighted by molar-refractivity contribution is 0.0687. The van der Waals surface area contributed by atoms with Crippen molar-refractivity contribution in [2.24, 2.45) is 0 Å². The average Bonchev–Trinajstić information content (AvgIpc) is 3.23. The highest BCUT2D eigenvalue weighted by atomic mass is 35.5. The number of halogens is 1. The number of carbonyl (C=O) groups excluding carboxylic acids is 1. The van der Waals surface area contributed by atoms with Crippen LogP contribution in [0.3, 0.4) is 0 Å². The number of rotatable bonds is 13. The van der Waals surface area contributed by atoms with Crippen LogP contribution in [0.15, 0.2) is 140 Å². The number of benzene rings is 4. The Bertz CT molecular complexity index is 2060. The molecule has 57 heavy (non-hydrogen) atoms. The second kappa shape index (κ2) is 21.7. The van der Waals surface area contributed by atoms with Gasteiger partial charge in [0.05, 0.1) is 12.3 Å². The monoisotopic (exact) mass is 784 g/mol. The summed E-state index contributed by atoms with van der Waals surface area (Å²) in [5.74, 6) is 0.333. The minimum absolute atomic E-state index is 0. The first-order valence-corrected chi connectivity index (χ1v) is 19.1. The summed E-state index contributed by atoms with van der Waals surface area (Å²) in [7, 11) is 6.28. The van der Waals surface area contributed by atoms with Crippen molar-refractivity contribution in [2.45, 2.75) is 19.6 Å². The highest BCUT2D eigenvalue weighted by Crippen LogP contribution is 2.26. The molecule has 1 fully saturated rings. The van der Waals surface area contributed by atoms with Gasteiger partial charge in [0.25, 0.3) is 5.91 Å². The Morgan fingerprint density at radius 1 is 0.825 bits per heavy atom. The molecule has 3 heterocycles. The van der Waals surface area contributed by atoms with Gasteiger partial charge in [-0.25, -0.2) is 9.97 Å². The van der Waals surface area contributed by atoms with Crippen LogP contribution in [-0.2, 0) is 11.3 Å². The van der Waals surface area contributed by atoms with E-state index < -0.39 is 0 Å². The van der Waals surface area contributed by atoms with E-state index in [9.17, 15) is 4.79 Å². The van der Waals surface area contributed by atoms with Crippen LogP contribution < -0.4 is 10.6 Å². The van der Waals surface area contributed by atoms with Crippen molar-refractivity contribution >= 4 is 35.6 Å². The molecule has 296 valence electrons. The van der Waals surface area contributed by atoms with Gasteiger partial charge in [-0.3, -0.25) is 14.7 Å². The molecular formula is C46H53ClN8O2. The molecule has 1 saturated heterocycles. The maximum atomic E-state index is 12.9. The zero-order valence-corrected chi connectivity index (χ0v) is 34.0. The maximum absolute atomic E-state index is 12.9. The summed E-state index contributed by atoms with van der Waals surface area (Å²) in [6.45, 7) is 8.89. The largest absolute Gasteiger partial charge is 0.367 e. The number of nitrogens with zero attached hydrogens (tertiary/aromatic N) is 6. The first kappa shape index (κ1) is 42.6. The number of likely N-dealkylation sites (N-methyl/N-ethyl adjacent to an activating group) is 2. The zero-order valence-electron chi connectivity index (χ0n) is 33.2. The van der Waals surface area contributed by atoms with E-state index in [-0.39, 0.29) is 24.4 Å². The number of nitrogens with one attached hydrogen (secondary N) is 2. The van der Waals surface area contributed by atoms with Crippen LogP contribution in [-0.4, -0.2) is 96.0 Å². The number of amides is 1. The Hall–Kier alpha value is -5.49. The minimum Gasteiger partial charge on any atom is -0.367 e. The molecule has 1 amide bonds. The number of aryl methyl sites for hydroxylation is 1. The second-order valence-corrected chi connectivity index (χ2v) is 14.3. The van der Waals surface area contributed by atoms with Crippen molar-refractivity contribution in [3.05, 3.63) is 168 Å². The predicted molar refractivity (Wildman–Crippen MR) is 233 cm³/mol. The third-order valence-corrected chi connectivity index (χ3v) is 9.60. The Labute approximate surface area is 343 Å². The van der Waals surface area contributed by atoms with E-state index in [2.05, 4.69) is 110 Å². The van der Waals surface area contributed by atoms with Crippen LogP contribution in [0.5, 0.6) is 0 Å². The van der Waals surface area contributed by atoms with E-state index in [0.717, 1.165) is 68.4 Å². The fraction of sp³-hybridized carbons (Fsp3) is 0.261. The lowest BCUT2D eigenvalue weighted by Crippen LogP contribution is -2.43. The Morgan fingerprint density at radius 3 is 2.14 bits per heavy atom. The van der Waals surface area contributed by atoms with Gasteiger partial charge >= 0.3 is 0 Å². The van der Waals surface area contributed by atoms with Crippen molar-refractivity contribution in [2.75, 3.05) is 71.1 Å². The van der Waals surface area contributed by atoms with E-state index in [4.69, 9.17) is 4.74 Å². The second-order valence-electron chi connectivity index (χ2n) is 14.3. The molecule has 7 rings (SSSR count). The molecule has 1 aliphatic rings. The number of pyridine rings is 1. The topological polar surface area (TPSA) is 98.8 Å². The number of ether oxygens (including phenoxy) is 1. The SMILES string of the molecule is CN(C)CCOC(c1ccccc1)c1ccccc1.Cc1ccc(NC(=O)c2ccc(CN3CCN(C)CC3)cc2)cc1Nc1nccc(-c2cccnc2)n1.Cl. The fourth-order valence-electron chi connectivity index (χ4n) is 6.27. The van der Waals surface area contributed by atoms with E-state index in [1.807, 2.05) is 79.7 Å². The molecule has 4 aromatic carbocycles. The number of piperazine rings is 1. The summed E-state index contributed by atoms with van der Waals surface area (Å²) < 4.78 is 6.08. The molecule has 1 aliphatic heterocycles. The first-order chi connectivity index (χ1) is 27.3. The van der Waals surface area contributed by atoms with Crippen LogP contribution in [0, 0.1) is 6.92 Å². The van der Waals surface area contributed by atoms with Crippen LogP contribution in [0.4, 0.5) is 17.3 Å². The number of hydrogen-bond donors (Lipinski definition) is 2. The third-order valence-electron chi connectivity index (χ3n) is 9.60. The summed E-state index contributed by atoms with van der Waals surface area (Å²) >= 11 is 0. The van der Waals surface area contributed by atoms with Gasteiger partial charge in [-0.1, -0.05) is 78.9 Å². The van der Waals surface area contributed by atoms with Crippen molar-refractivity contribution in [1.29, 1.82) is 0 Å². The third kappa shape index (κ3) is 13.0. The lowest BCUT2D eigenvalue weighted by Gasteiger charge is -2.32. The van der Waals surface area contributed by atoms with Gasteiger partial charge in [0.1, 0.15) is 6.10 Å². The molecule has 0 aliphatic carbocycles. The molecule has 0 saturated carbocycles. The lowest BCUT2D eigenvalue weighted by atomic mass is 10.0. The normalized spacial score (nSPS) is 13.0. The van der Waals surface area contributed by atoms with Crippen molar-refractivity contribution in [1.82, 2.24) is 29.7 Å². The summed E-state index contributed by atoms with van der Waals surface area (Å²) in [5, 5.41) is 6.29. The number of hydrogen-bond acceptors (Lipinski definition) is 9. The van der Waals surface area contributed by atoms with E-state index in [0.29, 0.717) is 17.2 Å². The highest BCUT2D eigenvalue weighted by Gasteiger charge is 2.16. The summed E-state index contributed by atoms with van der Waals surface area (Å²) in [4.78, 5) is 33.0. The van der Waals surface area contributed by atoms with Gasteiger partial charge in [-0.2, -0.15) is 0 Å². The maximum Gasteiger partial charge on any atom is 0.255 e. The smallest absolute Gasteiger partial charge is 0.255 e. The van der Waals surface area contributed by atoms with Gasteiger partial charge in [-0.05, 0) is 92.8 Å². The van der Waals surface area contributed by atoms with Gasteiger partial charge in [0.2, 0.25) is 5.95 Å². The molecule has 2 aromatic heterocycles. The molecule has 11 heteroatoms. The van der Waals surface area contributed by atoms with E-state index >= 15 is 0 Å². The van der Waals surface area contributed by atoms with Crippen molar-refractivity contribution in [3.63, 3.8) is 0 Å². The van der Waals surface area contributed by atoms with Gasteiger partial charge in [0, 0.05) is 80.4 Å². The summed E-state index contributed by atoms with van der Waals surface area (Å²) in [6.07, 6.45) is 5.23. The molecule has 10 nitrogen and oxygen atoms in total. The van der Waals surface area contributed by atoms with Crippen LogP contribution in [0.2, 0.25) is 0 Å². The summed E-state index contributed by atoms with van der Waals surface area (Å²) in [6, 6.07) is 40.1. The number of aromatic nitrogens is 3. The first-order valence-electron chi connectivity index (χ1n) is 19.1. The van der Waals surface area contributed by atoms with Gasteiger partial charge in [-0.15, -0.1) is 12.4 Å². The molecule has 0 atom stereocenters. The van der Waals surface area contributed by atoms with E-state index in [1.165, 1.54) is 16.7 Å². The Kier molecular flexibility index (Phi) is 16.2. The highest BCUT2D eigenvalue weighted by molar-refractivity contribution is 6.04. The standard InChI is InChI=1S/C29H31N7O.C17H21NO.ClH/c1-21-5-10-25(18-27(21)34-29-31-13-11-26(33-29)24-4-3-12-30-19-24)32-28(37)23-8-6-22(7-9-23)20-36-16-14-35(2)15-17-36;1-18(2)13-14-19-17(15-9-5-3-6-10-15)16-11-7-4-8-12-16;/h3-13,18-19H,14-17,20H2,1-2H3,(H,32,37)(H,31,33,34);3-12,17H,13-14H2,1-2H3;1H. The quantitative estimate of drug-likeness (QED) is 0.120. The molecule has 0 spiro atoms. The fourth-order valence-corrected chi connectivity index (χ4v) is 6.27. The molecule has 6 aromatic rings. The van der Waals surface area contributed by atoms with Crippen LogP contribution >= 0.6 is 12.4 Å². The van der Waals surface area contributed by atoms with Crippen LogP contribution in [0.1, 0.15) is 38.7 Å². The average molecular weight is 785 g/mol. The minimum atomic E-state index is -0.143. The van der Waals surface area contributed by atoms with E-state index in [1.54, 1.807) is 18.6 Å². The summed E-state index contributed by atoms with van der Waals surface area (Å²) in [5.41, 5.74) is 8.48. The Morgan fingerprint density at radius 2 is 1.51 bits per heavy atom. The zero-order chi connectivity index (χ0) is 39.1. The molecule has 2 N–H and O–H groups in total. The molecule has 0 bridgehead atoms. The molecular weight excluding hydrogens is 732 g/mol. The molecule has 0 radical (unpaired) electrons. The van der Waals surface area contributed by atoms with Crippen LogP contribution in [0.25, 0.3) is 11.3 Å². The Balaban J connectivity index is 0.000000262. The molecule has 0 unspecified atom stereocenters. The van der Waals surface area contributed by atoms with Crippen molar-refractivity contribution in [3.8, 4) is 11.3 Å². The van der Waals surface area contributed by atoms with Gasteiger partial charge in [0.15, 0.2) is 0 Å². The number of anilines is 3. The van der Waals surface area contributed by atoms with Crippen molar-refractivity contribution < 1.29 is 9.53 Å². The predicted octanol–water partition coefficient (Wildman–Crippen LogP) is 8.37. The number of carbonyl (C=O) groups is 1. The van der Waals surface area contributed by atoms with Gasteiger partial charge < -0.3 is 25.2 Å².